The van der Waals surface area contributed by atoms with Crippen LogP contribution in [0.15, 0.2) is 0 Å². The Morgan fingerprint density at radius 2 is 2.06 bits per heavy atom. The minimum absolute atomic E-state index is 0.0542. The van der Waals surface area contributed by atoms with Gasteiger partial charge in [-0.2, -0.15) is 0 Å². The third kappa shape index (κ3) is 3.22. The summed E-state index contributed by atoms with van der Waals surface area (Å²) in [5.74, 6) is 0.0542. The SMILES string of the molecule is COCC(N)C(=O)N1CCCC1CN1CCCC1. The van der Waals surface area contributed by atoms with E-state index in [2.05, 4.69) is 4.90 Å². The van der Waals surface area contributed by atoms with Gasteiger partial charge in [0.1, 0.15) is 6.04 Å². The van der Waals surface area contributed by atoms with E-state index in [0.717, 1.165) is 25.9 Å². The van der Waals surface area contributed by atoms with Crippen LogP contribution in [0.5, 0.6) is 0 Å². The Bertz CT molecular complexity index is 279. The molecule has 0 aromatic heterocycles. The molecule has 5 heteroatoms. The number of hydrogen-bond acceptors (Lipinski definition) is 4. The second-order valence-corrected chi connectivity index (χ2v) is 5.40. The van der Waals surface area contributed by atoms with Gasteiger partial charge in [0.2, 0.25) is 5.91 Å². The highest BCUT2D eigenvalue weighted by Crippen LogP contribution is 2.21. The summed E-state index contributed by atoms with van der Waals surface area (Å²) in [5, 5.41) is 0. The number of carbonyl (C=O) groups is 1. The molecule has 18 heavy (non-hydrogen) atoms. The van der Waals surface area contributed by atoms with Crippen LogP contribution in [-0.2, 0) is 9.53 Å². The quantitative estimate of drug-likeness (QED) is 0.754. The molecule has 0 bridgehead atoms. The monoisotopic (exact) mass is 255 g/mol. The zero-order valence-electron chi connectivity index (χ0n) is 11.3. The van der Waals surface area contributed by atoms with Crippen LogP contribution in [-0.4, -0.2) is 67.7 Å². The van der Waals surface area contributed by atoms with Crippen LogP contribution in [0.3, 0.4) is 0 Å². The molecule has 2 N–H and O–H groups in total. The predicted octanol–water partition coefficient (Wildman–Crippen LogP) is 0.0469. The molecule has 2 atom stereocenters. The van der Waals surface area contributed by atoms with Gasteiger partial charge >= 0.3 is 0 Å². The summed E-state index contributed by atoms with van der Waals surface area (Å²) in [6, 6.07) is -0.146. The average Bonchev–Trinajstić information content (AvgIpc) is 3.00. The van der Waals surface area contributed by atoms with Gasteiger partial charge < -0.3 is 20.3 Å². The zero-order chi connectivity index (χ0) is 13.0. The lowest BCUT2D eigenvalue weighted by molar-refractivity contribution is -0.134. The molecule has 5 nitrogen and oxygen atoms in total. The molecule has 0 aromatic rings. The lowest BCUT2D eigenvalue weighted by atomic mass is 10.2. The van der Waals surface area contributed by atoms with Gasteiger partial charge in [-0.05, 0) is 38.8 Å². The maximum atomic E-state index is 12.2. The molecule has 2 fully saturated rings. The van der Waals surface area contributed by atoms with Gasteiger partial charge in [-0.3, -0.25) is 4.79 Å². The number of nitrogens with two attached hydrogens (primary N) is 1. The van der Waals surface area contributed by atoms with Gasteiger partial charge in [0.05, 0.1) is 6.61 Å². The first-order valence-corrected chi connectivity index (χ1v) is 6.99. The number of amides is 1. The van der Waals surface area contributed by atoms with E-state index >= 15 is 0 Å². The Kier molecular flexibility index (Phi) is 4.97. The van der Waals surface area contributed by atoms with Crippen molar-refractivity contribution >= 4 is 5.91 Å². The molecular weight excluding hydrogens is 230 g/mol. The number of methoxy groups -OCH3 is 1. The van der Waals surface area contributed by atoms with Gasteiger partial charge in [0.25, 0.3) is 0 Å². The second kappa shape index (κ2) is 6.50. The first kappa shape index (κ1) is 13.8. The molecule has 2 saturated heterocycles. The summed E-state index contributed by atoms with van der Waals surface area (Å²) >= 11 is 0. The maximum Gasteiger partial charge on any atom is 0.242 e. The van der Waals surface area contributed by atoms with Crippen LogP contribution in [0.2, 0.25) is 0 Å². The molecule has 2 rings (SSSR count). The van der Waals surface area contributed by atoms with Crippen molar-refractivity contribution in [1.82, 2.24) is 9.80 Å². The standard InChI is InChI=1S/C13H25N3O2/c1-18-10-12(14)13(17)16-8-4-5-11(16)9-15-6-2-3-7-15/h11-12H,2-10,14H2,1H3. The Balaban J connectivity index is 1.87. The third-order valence-electron chi connectivity index (χ3n) is 3.99. The van der Waals surface area contributed by atoms with Gasteiger partial charge in [0.15, 0.2) is 0 Å². The Labute approximate surface area is 109 Å². The van der Waals surface area contributed by atoms with E-state index in [-0.39, 0.29) is 5.91 Å². The van der Waals surface area contributed by atoms with Crippen LogP contribution in [0.1, 0.15) is 25.7 Å². The second-order valence-electron chi connectivity index (χ2n) is 5.40. The molecule has 2 unspecified atom stereocenters. The van der Waals surface area contributed by atoms with Crippen molar-refractivity contribution in [3.63, 3.8) is 0 Å². The first-order valence-electron chi connectivity index (χ1n) is 6.99. The van der Waals surface area contributed by atoms with E-state index in [9.17, 15) is 4.79 Å². The summed E-state index contributed by atoms with van der Waals surface area (Å²) in [5.41, 5.74) is 5.85. The Hall–Kier alpha value is -0.650. The first-order chi connectivity index (χ1) is 8.72. The van der Waals surface area contributed by atoms with E-state index in [1.165, 1.54) is 25.9 Å². The smallest absolute Gasteiger partial charge is 0.242 e. The van der Waals surface area contributed by atoms with Crippen LogP contribution in [0, 0.1) is 0 Å². The lowest BCUT2D eigenvalue weighted by Crippen LogP contribution is -2.50. The highest BCUT2D eigenvalue weighted by Gasteiger charge is 2.33. The minimum Gasteiger partial charge on any atom is -0.383 e. The molecule has 2 aliphatic rings. The molecule has 1 amide bonds. The number of carbonyl (C=O) groups excluding carboxylic acids is 1. The molecule has 0 spiro atoms. The largest absolute Gasteiger partial charge is 0.383 e. The number of likely N-dealkylation sites (tertiary alicyclic amines) is 2. The zero-order valence-corrected chi connectivity index (χ0v) is 11.3. The number of nitrogens with zero attached hydrogens (tertiary/aromatic N) is 2. The number of rotatable bonds is 5. The van der Waals surface area contributed by atoms with Gasteiger partial charge in [-0.15, -0.1) is 0 Å². The fourth-order valence-electron chi connectivity index (χ4n) is 3.04. The highest BCUT2D eigenvalue weighted by molar-refractivity contribution is 5.82. The molecule has 0 aromatic carbocycles. The maximum absolute atomic E-state index is 12.2. The van der Waals surface area contributed by atoms with E-state index < -0.39 is 6.04 Å². The van der Waals surface area contributed by atoms with Crippen molar-refractivity contribution in [2.24, 2.45) is 5.73 Å². The fraction of sp³-hybridized carbons (Fsp3) is 0.923. The molecule has 0 aliphatic carbocycles. The van der Waals surface area contributed by atoms with Gasteiger partial charge in [-0.1, -0.05) is 0 Å². The normalized spacial score (nSPS) is 26.8. The topological polar surface area (TPSA) is 58.8 Å². The van der Waals surface area contributed by atoms with Crippen molar-refractivity contribution in [3.05, 3.63) is 0 Å². The van der Waals surface area contributed by atoms with E-state index in [1.807, 2.05) is 4.90 Å². The van der Waals surface area contributed by atoms with Crippen molar-refractivity contribution in [3.8, 4) is 0 Å². The molecule has 2 aliphatic heterocycles. The minimum atomic E-state index is -0.505. The highest BCUT2D eigenvalue weighted by atomic mass is 16.5. The summed E-state index contributed by atoms with van der Waals surface area (Å²) in [6.07, 6.45) is 4.81. The molecule has 2 heterocycles. The summed E-state index contributed by atoms with van der Waals surface area (Å²) in [6.45, 7) is 4.55. The van der Waals surface area contributed by atoms with Crippen molar-refractivity contribution in [2.75, 3.05) is 39.9 Å². The summed E-state index contributed by atoms with van der Waals surface area (Å²) < 4.78 is 4.97. The predicted molar refractivity (Wildman–Crippen MR) is 70.3 cm³/mol. The van der Waals surface area contributed by atoms with E-state index in [4.69, 9.17) is 10.5 Å². The van der Waals surface area contributed by atoms with Crippen molar-refractivity contribution in [2.45, 2.75) is 37.8 Å². The molecule has 0 saturated carbocycles. The Morgan fingerprint density at radius 3 is 2.72 bits per heavy atom. The van der Waals surface area contributed by atoms with Crippen molar-refractivity contribution < 1.29 is 9.53 Å². The van der Waals surface area contributed by atoms with Gasteiger partial charge in [0, 0.05) is 26.2 Å². The fourth-order valence-corrected chi connectivity index (χ4v) is 3.04. The molecule has 104 valence electrons. The lowest BCUT2D eigenvalue weighted by Gasteiger charge is -2.30. The van der Waals surface area contributed by atoms with Crippen LogP contribution in [0.25, 0.3) is 0 Å². The van der Waals surface area contributed by atoms with Crippen LogP contribution in [0.4, 0.5) is 0 Å². The third-order valence-corrected chi connectivity index (χ3v) is 3.99. The number of ether oxygens (including phenoxy) is 1. The van der Waals surface area contributed by atoms with E-state index in [0.29, 0.717) is 12.6 Å². The molecular formula is C13H25N3O2. The van der Waals surface area contributed by atoms with E-state index in [1.54, 1.807) is 7.11 Å². The number of hydrogen-bond donors (Lipinski definition) is 1. The average molecular weight is 255 g/mol. The van der Waals surface area contributed by atoms with Crippen molar-refractivity contribution in [1.29, 1.82) is 0 Å². The van der Waals surface area contributed by atoms with Crippen LogP contribution < -0.4 is 5.73 Å². The summed E-state index contributed by atoms with van der Waals surface area (Å²) in [4.78, 5) is 16.7. The van der Waals surface area contributed by atoms with Crippen LogP contribution >= 0.6 is 0 Å². The molecule has 0 radical (unpaired) electrons. The van der Waals surface area contributed by atoms with Gasteiger partial charge in [-0.25, -0.2) is 0 Å². The summed E-state index contributed by atoms with van der Waals surface area (Å²) in [7, 11) is 1.58. The Morgan fingerprint density at radius 1 is 1.33 bits per heavy atom.